The fourth-order valence-corrected chi connectivity index (χ4v) is 3.47. The summed E-state index contributed by atoms with van der Waals surface area (Å²) in [5.74, 6) is 0.681. The summed E-state index contributed by atoms with van der Waals surface area (Å²) in [7, 11) is -1.03. The van der Waals surface area contributed by atoms with E-state index < -0.39 is 17.4 Å². The first kappa shape index (κ1) is 17.6. The molecule has 0 saturated heterocycles. The molecule has 0 saturated carbocycles. The minimum atomic E-state index is -2.83. The van der Waals surface area contributed by atoms with Crippen molar-refractivity contribution in [3.05, 3.63) is 65.2 Å². The van der Waals surface area contributed by atoms with Gasteiger partial charge in [0.1, 0.15) is 5.75 Å². The van der Waals surface area contributed by atoms with Crippen molar-refractivity contribution in [2.75, 3.05) is 5.75 Å². The molecule has 0 radical (unpaired) electrons. The zero-order chi connectivity index (χ0) is 16.8. The van der Waals surface area contributed by atoms with Crippen molar-refractivity contribution in [1.82, 2.24) is 0 Å². The molecule has 0 amide bonds. The third-order valence-corrected chi connectivity index (χ3v) is 5.35. The maximum Gasteiger partial charge on any atom is 0.387 e. The van der Waals surface area contributed by atoms with E-state index in [0.29, 0.717) is 5.75 Å². The Kier molecular flexibility index (Phi) is 6.28. The zero-order valence-corrected chi connectivity index (χ0v) is 14.0. The van der Waals surface area contributed by atoms with E-state index in [9.17, 15) is 13.0 Å². The number of hydrogen-bond donors (Lipinski definition) is 0. The Hall–Kier alpha value is -1.75. The summed E-state index contributed by atoms with van der Waals surface area (Å²) in [4.78, 5) is 0. The molecule has 0 aromatic heterocycles. The summed E-state index contributed by atoms with van der Waals surface area (Å²) in [5, 5.41) is -0.152. The minimum Gasteiger partial charge on any atom is -0.435 e. The lowest BCUT2D eigenvalue weighted by atomic mass is 10.1. The van der Waals surface area contributed by atoms with Crippen LogP contribution in [-0.2, 0) is 17.2 Å². The third kappa shape index (κ3) is 5.43. The lowest BCUT2D eigenvalue weighted by molar-refractivity contribution is -0.0498. The molecule has 0 spiro atoms. The lowest BCUT2D eigenvalue weighted by Gasteiger charge is -2.13. The average molecular weight is 338 g/mol. The SMILES string of the molecule is Cc1ccc(CC[S@](=O)[C@@H](C)c2ccc(OC(F)F)cc2)cc1. The van der Waals surface area contributed by atoms with Gasteiger partial charge in [0.25, 0.3) is 0 Å². The molecule has 0 aliphatic rings. The van der Waals surface area contributed by atoms with E-state index >= 15 is 0 Å². The van der Waals surface area contributed by atoms with Crippen molar-refractivity contribution >= 4 is 10.8 Å². The highest BCUT2D eigenvalue weighted by Gasteiger charge is 2.14. The second-order valence-electron chi connectivity index (χ2n) is 5.41. The second kappa shape index (κ2) is 8.20. The largest absolute Gasteiger partial charge is 0.435 e. The summed E-state index contributed by atoms with van der Waals surface area (Å²) in [6.45, 7) is 1.08. The van der Waals surface area contributed by atoms with Crippen LogP contribution in [0.4, 0.5) is 8.78 Å². The van der Waals surface area contributed by atoms with Gasteiger partial charge in [0.15, 0.2) is 0 Å². The van der Waals surface area contributed by atoms with Crippen LogP contribution in [-0.4, -0.2) is 16.6 Å². The predicted molar refractivity (Wildman–Crippen MR) is 89.4 cm³/mol. The second-order valence-corrected chi connectivity index (χ2v) is 7.29. The number of ether oxygens (including phenoxy) is 1. The summed E-state index contributed by atoms with van der Waals surface area (Å²) in [6, 6.07) is 14.5. The van der Waals surface area contributed by atoms with Crippen LogP contribution in [0.25, 0.3) is 0 Å². The molecule has 0 aliphatic carbocycles. The Bertz CT molecular complexity index is 639. The normalized spacial score (nSPS) is 13.8. The standard InChI is InChI=1S/C18H20F2O2S/c1-13-3-5-15(6-4-13)11-12-23(21)14(2)16-7-9-17(10-8-16)22-18(19)20/h3-10,14,18H,11-12H2,1-2H3/t14-,23-/m0/s1. The Morgan fingerprint density at radius 3 is 2.22 bits per heavy atom. The van der Waals surface area contributed by atoms with Gasteiger partial charge < -0.3 is 4.74 Å². The molecule has 2 atom stereocenters. The number of benzene rings is 2. The molecule has 0 heterocycles. The smallest absolute Gasteiger partial charge is 0.387 e. The van der Waals surface area contributed by atoms with E-state index in [-0.39, 0.29) is 11.0 Å². The molecule has 0 bridgehead atoms. The predicted octanol–water partition coefficient (Wildman–Crippen LogP) is 4.65. The van der Waals surface area contributed by atoms with Gasteiger partial charge in [-0.05, 0) is 43.5 Å². The van der Waals surface area contributed by atoms with Crippen molar-refractivity contribution in [2.45, 2.75) is 32.1 Å². The van der Waals surface area contributed by atoms with E-state index in [0.717, 1.165) is 17.5 Å². The van der Waals surface area contributed by atoms with Gasteiger partial charge in [-0.3, -0.25) is 4.21 Å². The Balaban J connectivity index is 1.92. The van der Waals surface area contributed by atoms with Crippen LogP contribution in [0.1, 0.15) is 28.9 Å². The number of alkyl halides is 2. The van der Waals surface area contributed by atoms with Gasteiger partial charge >= 0.3 is 6.61 Å². The molecule has 124 valence electrons. The van der Waals surface area contributed by atoms with E-state index in [1.807, 2.05) is 38.1 Å². The monoisotopic (exact) mass is 338 g/mol. The first-order chi connectivity index (χ1) is 11.0. The minimum absolute atomic E-state index is 0.112. The van der Waals surface area contributed by atoms with Gasteiger partial charge in [0.05, 0.1) is 5.25 Å². The van der Waals surface area contributed by atoms with Crippen LogP contribution < -0.4 is 4.74 Å². The molecule has 0 fully saturated rings. The van der Waals surface area contributed by atoms with Crippen molar-refractivity contribution in [3.8, 4) is 5.75 Å². The fourth-order valence-electron chi connectivity index (χ4n) is 2.22. The molecule has 2 nitrogen and oxygen atoms in total. The van der Waals surface area contributed by atoms with Crippen molar-refractivity contribution in [1.29, 1.82) is 0 Å². The zero-order valence-electron chi connectivity index (χ0n) is 13.2. The summed E-state index contributed by atoms with van der Waals surface area (Å²) >= 11 is 0. The van der Waals surface area contributed by atoms with E-state index in [4.69, 9.17) is 0 Å². The molecule has 0 N–H and O–H groups in total. The van der Waals surface area contributed by atoms with Crippen molar-refractivity contribution < 1.29 is 17.7 Å². The average Bonchev–Trinajstić information content (AvgIpc) is 2.53. The highest BCUT2D eigenvalue weighted by atomic mass is 32.2. The number of aryl methyl sites for hydroxylation is 2. The summed E-state index contributed by atoms with van der Waals surface area (Å²) in [6.07, 6.45) is 0.754. The van der Waals surface area contributed by atoms with E-state index in [1.165, 1.54) is 17.7 Å². The van der Waals surface area contributed by atoms with Crippen LogP contribution >= 0.6 is 0 Å². The van der Waals surface area contributed by atoms with Gasteiger partial charge in [0.2, 0.25) is 0 Å². The van der Waals surface area contributed by atoms with Gasteiger partial charge in [0, 0.05) is 16.6 Å². The Labute approximate surface area is 137 Å². The highest BCUT2D eigenvalue weighted by molar-refractivity contribution is 7.85. The summed E-state index contributed by atoms with van der Waals surface area (Å²) in [5.41, 5.74) is 3.22. The topological polar surface area (TPSA) is 26.3 Å². The highest BCUT2D eigenvalue weighted by Crippen LogP contribution is 2.23. The van der Waals surface area contributed by atoms with Gasteiger partial charge in [-0.1, -0.05) is 42.0 Å². The fraction of sp³-hybridized carbons (Fsp3) is 0.333. The van der Waals surface area contributed by atoms with Crippen LogP contribution in [0.2, 0.25) is 0 Å². The van der Waals surface area contributed by atoms with Crippen molar-refractivity contribution in [2.24, 2.45) is 0 Å². The van der Waals surface area contributed by atoms with Gasteiger partial charge in [-0.25, -0.2) is 0 Å². The van der Waals surface area contributed by atoms with Gasteiger partial charge in [-0.2, -0.15) is 8.78 Å². The van der Waals surface area contributed by atoms with Gasteiger partial charge in [-0.15, -0.1) is 0 Å². The molecule has 2 aromatic carbocycles. The van der Waals surface area contributed by atoms with E-state index in [1.54, 1.807) is 12.1 Å². The molecule has 23 heavy (non-hydrogen) atoms. The molecular weight excluding hydrogens is 318 g/mol. The first-order valence-corrected chi connectivity index (χ1v) is 8.81. The summed E-state index contributed by atoms with van der Waals surface area (Å²) < 4.78 is 41.0. The van der Waals surface area contributed by atoms with Crippen LogP contribution in [0.5, 0.6) is 5.75 Å². The number of halogens is 2. The lowest BCUT2D eigenvalue weighted by Crippen LogP contribution is -2.09. The van der Waals surface area contributed by atoms with Crippen molar-refractivity contribution in [3.63, 3.8) is 0 Å². The Morgan fingerprint density at radius 2 is 1.65 bits per heavy atom. The maximum atomic E-state index is 12.4. The molecule has 2 rings (SSSR count). The quantitative estimate of drug-likeness (QED) is 0.734. The first-order valence-electron chi connectivity index (χ1n) is 7.43. The molecular formula is C18H20F2O2S. The third-order valence-electron chi connectivity index (χ3n) is 3.68. The Morgan fingerprint density at radius 1 is 1.04 bits per heavy atom. The molecule has 5 heteroatoms. The number of hydrogen-bond acceptors (Lipinski definition) is 2. The maximum absolute atomic E-state index is 12.4. The molecule has 0 aliphatic heterocycles. The molecule has 0 unspecified atom stereocenters. The molecule has 2 aromatic rings. The van der Waals surface area contributed by atoms with Crippen LogP contribution in [0.3, 0.4) is 0 Å². The van der Waals surface area contributed by atoms with E-state index in [2.05, 4.69) is 4.74 Å². The number of rotatable bonds is 7. The van der Waals surface area contributed by atoms with Crippen LogP contribution in [0, 0.1) is 6.92 Å². The van der Waals surface area contributed by atoms with Crippen LogP contribution in [0.15, 0.2) is 48.5 Å².